The molecule has 3 heteroatoms. The number of fused-ring (bicyclic) bond motifs is 1. The molecule has 3 rings (SSSR count). The summed E-state index contributed by atoms with van der Waals surface area (Å²) in [7, 11) is 0. The molecule has 0 radical (unpaired) electrons. The zero-order valence-electron chi connectivity index (χ0n) is 12.8. The molecule has 2 aliphatic rings. The van der Waals surface area contributed by atoms with E-state index in [4.69, 9.17) is 16.3 Å². The summed E-state index contributed by atoms with van der Waals surface area (Å²) in [5.74, 6) is 2.71. The van der Waals surface area contributed by atoms with Crippen molar-refractivity contribution in [3.05, 3.63) is 29.6 Å². The summed E-state index contributed by atoms with van der Waals surface area (Å²) in [6.07, 6.45) is 5.55. The average Bonchev–Trinajstić information content (AvgIpc) is 2.82. The van der Waals surface area contributed by atoms with Gasteiger partial charge in [0, 0.05) is 17.4 Å². The Morgan fingerprint density at radius 1 is 1.33 bits per heavy atom. The molecule has 0 saturated heterocycles. The average molecular weight is 311 g/mol. The van der Waals surface area contributed by atoms with E-state index in [1.165, 1.54) is 18.9 Å². The van der Waals surface area contributed by atoms with Crippen molar-refractivity contribution in [1.82, 2.24) is 0 Å². The van der Waals surface area contributed by atoms with Gasteiger partial charge in [-0.1, -0.05) is 13.8 Å². The number of ether oxygens (including phenoxy) is 1. The van der Waals surface area contributed by atoms with Crippen LogP contribution < -0.4 is 4.74 Å². The van der Waals surface area contributed by atoms with Crippen LogP contribution in [0.3, 0.4) is 0 Å². The minimum Gasteiger partial charge on any atom is -0.490 e. The van der Waals surface area contributed by atoms with Gasteiger partial charge < -0.3 is 4.74 Å². The molecule has 0 spiro atoms. The van der Waals surface area contributed by atoms with Crippen molar-refractivity contribution in [2.45, 2.75) is 57.4 Å². The van der Waals surface area contributed by atoms with Crippen LogP contribution in [-0.4, -0.2) is 11.5 Å². The number of hydrogen-bond donors (Lipinski definition) is 0. The fourth-order valence-corrected chi connectivity index (χ4v) is 4.20. The lowest BCUT2D eigenvalue weighted by Crippen LogP contribution is -2.31. The van der Waals surface area contributed by atoms with E-state index in [1.807, 2.05) is 0 Å². The highest BCUT2D eigenvalue weighted by Crippen LogP contribution is 2.41. The molecule has 1 aliphatic carbocycles. The molecule has 1 aromatic rings. The molecule has 21 heavy (non-hydrogen) atoms. The number of hydrogen-bond acceptors (Lipinski definition) is 1. The Balaban J connectivity index is 1.62. The van der Waals surface area contributed by atoms with Crippen molar-refractivity contribution in [2.24, 2.45) is 17.8 Å². The van der Waals surface area contributed by atoms with Gasteiger partial charge in [0.05, 0.1) is 0 Å². The van der Waals surface area contributed by atoms with Crippen molar-refractivity contribution in [2.75, 3.05) is 0 Å². The molecule has 1 nitrogen and oxygen atoms in total. The first-order valence-electron chi connectivity index (χ1n) is 8.12. The van der Waals surface area contributed by atoms with E-state index in [1.54, 1.807) is 12.1 Å². The van der Waals surface area contributed by atoms with Crippen LogP contribution in [0.1, 0.15) is 45.1 Å². The minimum absolute atomic E-state index is 0.166. The Kier molecular flexibility index (Phi) is 4.44. The molecular weight excluding hydrogens is 287 g/mol. The summed E-state index contributed by atoms with van der Waals surface area (Å²) in [5, 5.41) is 0.268. The lowest BCUT2D eigenvalue weighted by molar-refractivity contribution is 0.145. The fourth-order valence-electron chi connectivity index (χ4n) is 3.87. The van der Waals surface area contributed by atoms with Gasteiger partial charge in [-0.05, 0) is 61.6 Å². The van der Waals surface area contributed by atoms with Gasteiger partial charge in [0.25, 0.3) is 0 Å². The molecule has 0 aromatic heterocycles. The zero-order valence-corrected chi connectivity index (χ0v) is 13.6. The molecule has 0 amide bonds. The van der Waals surface area contributed by atoms with Gasteiger partial charge in [-0.25, -0.2) is 4.39 Å². The van der Waals surface area contributed by atoms with Crippen LogP contribution in [0, 0.1) is 23.6 Å². The van der Waals surface area contributed by atoms with Gasteiger partial charge in [-0.15, -0.1) is 11.6 Å². The fraction of sp³-hybridized carbons (Fsp3) is 0.667. The van der Waals surface area contributed by atoms with Crippen molar-refractivity contribution < 1.29 is 9.13 Å². The van der Waals surface area contributed by atoms with Gasteiger partial charge in [0.1, 0.15) is 17.7 Å². The Morgan fingerprint density at radius 2 is 2.14 bits per heavy atom. The summed E-state index contributed by atoms with van der Waals surface area (Å²) in [6.45, 7) is 4.61. The second-order valence-electron chi connectivity index (χ2n) is 7.02. The monoisotopic (exact) mass is 310 g/mol. The minimum atomic E-state index is -0.175. The van der Waals surface area contributed by atoms with E-state index < -0.39 is 0 Å². The van der Waals surface area contributed by atoms with E-state index in [-0.39, 0.29) is 17.3 Å². The highest BCUT2D eigenvalue weighted by Gasteiger charge is 2.34. The third-order valence-corrected chi connectivity index (χ3v) is 5.78. The molecule has 4 unspecified atom stereocenters. The molecular formula is C18H24ClFO. The summed E-state index contributed by atoms with van der Waals surface area (Å²) < 4.78 is 19.3. The molecule has 0 N–H and O–H groups in total. The summed E-state index contributed by atoms with van der Waals surface area (Å²) in [6, 6.07) is 4.83. The normalized spacial score (nSPS) is 32.0. The van der Waals surface area contributed by atoms with E-state index in [0.29, 0.717) is 5.92 Å². The molecule has 0 bridgehead atoms. The SMILES string of the molecule is CC(C)C1CCC(Cl)C(CC2Cc3cc(F)ccc3O2)C1. The van der Waals surface area contributed by atoms with Gasteiger partial charge in [0.2, 0.25) is 0 Å². The van der Waals surface area contributed by atoms with Crippen molar-refractivity contribution >= 4 is 11.6 Å². The van der Waals surface area contributed by atoms with Gasteiger partial charge in [-0.3, -0.25) is 0 Å². The van der Waals surface area contributed by atoms with E-state index in [9.17, 15) is 4.39 Å². The molecule has 1 fully saturated rings. The summed E-state index contributed by atoms with van der Waals surface area (Å²) in [4.78, 5) is 0. The summed E-state index contributed by atoms with van der Waals surface area (Å²) >= 11 is 6.55. The van der Waals surface area contributed by atoms with Crippen LogP contribution in [0.25, 0.3) is 0 Å². The second-order valence-corrected chi connectivity index (χ2v) is 7.59. The van der Waals surface area contributed by atoms with Crippen LogP contribution in [0.2, 0.25) is 0 Å². The van der Waals surface area contributed by atoms with Gasteiger partial charge in [-0.2, -0.15) is 0 Å². The Labute approximate surface area is 131 Å². The van der Waals surface area contributed by atoms with Crippen LogP contribution >= 0.6 is 11.6 Å². The number of benzene rings is 1. The predicted molar refractivity (Wildman–Crippen MR) is 84.4 cm³/mol. The largest absolute Gasteiger partial charge is 0.490 e. The van der Waals surface area contributed by atoms with Crippen molar-refractivity contribution in [3.63, 3.8) is 0 Å². The molecule has 1 aromatic carbocycles. The predicted octanol–water partition coefficient (Wildman–Crippen LogP) is 5.20. The summed E-state index contributed by atoms with van der Waals surface area (Å²) in [5.41, 5.74) is 1.00. The Hall–Kier alpha value is -0.760. The maximum Gasteiger partial charge on any atom is 0.123 e. The van der Waals surface area contributed by atoms with Crippen LogP contribution in [0.15, 0.2) is 18.2 Å². The second kappa shape index (κ2) is 6.16. The Morgan fingerprint density at radius 3 is 2.90 bits per heavy atom. The van der Waals surface area contributed by atoms with Crippen molar-refractivity contribution in [1.29, 1.82) is 0 Å². The van der Waals surface area contributed by atoms with Gasteiger partial charge >= 0.3 is 0 Å². The molecule has 1 aliphatic heterocycles. The number of halogens is 2. The first-order valence-corrected chi connectivity index (χ1v) is 8.55. The third-order valence-electron chi connectivity index (χ3n) is 5.20. The first kappa shape index (κ1) is 15.1. The maximum atomic E-state index is 13.3. The lowest BCUT2D eigenvalue weighted by Gasteiger charge is -2.36. The van der Waals surface area contributed by atoms with E-state index >= 15 is 0 Å². The molecule has 116 valence electrons. The molecule has 1 heterocycles. The third kappa shape index (κ3) is 3.36. The number of rotatable bonds is 3. The zero-order chi connectivity index (χ0) is 15.0. The van der Waals surface area contributed by atoms with E-state index in [2.05, 4.69) is 13.8 Å². The van der Waals surface area contributed by atoms with Crippen LogP contribution in [-0.2, 0) is 6.42 Å². The molecule has 1 saturated carbocycles. The first-order chi connectivity index (χ1) is 10.0. The topological polar surface area (TPSA) is 9.23 Å². The standard InChI is InChI=1S/C18H24ClFO/c1-11(2)12-3-5-17(19)13(7-12)9-16-10-14-8-15(20)4-6-18(14)21-16/h4,6,8,11-13,16-17H,3,5,7,9-10H2,1-2H3. The van der Waals surface area contributed by atoms with Gasteiger partial charge in [0.15, 0.2) is 0 Å². The van der Waals surface area contributed by atoms with Crippen LogP contribution in [0.5, 0.6) is 5.75 Å². The highest BCUT2D eigenvalue weighted by molar-refractivity contribution is 6.20. The maximum absolute atomic E-state index is 13.3. The quantitative estimate of drug-likeness (QED) is 0.697. The van der Waals surface area contributed by atoms with Crippen molar-refractivity contribution in [3.8, 4) is 5.75 Å². The lowest BCUT2D eigenvalue weighted by atomic mass is 9.74. The Bertz CT molecular complexity index is 502. The number of alkyl halides is 1. The van der Waals surface area contributed by atoms with Crippen LogP contribution in [0.4, 0.5) is 4.39 Å². The molecule has 4 atom stereocenters. The van der Waals surface area contributed by atoms with E-state index in [0.717, 1.165) is 42.4 Å². The highest BCUT2D eigenvalue weighted by atomic mass is 35.5. The smallest absolute Gasteiger partial charge is 0.123 e.